The van der Waals surface area contributed by atoms with Gasteiger partial charge in [-0.25, -0.2) is 4.98 Å². The molecule has 4 rings (SSSR count). The van der Waals surface area contributed by atoms with Gasteiger partial charge in [-0.15, -0.1) is 0 Å². The zero-order valence-electron chi connectivity index (χ0n) is 18.6. The summed E-state index contributed by atoms with van der Waals surface area (Å²) in [6, 6.07) is 8.53. The second-order valence-corrected chi connectivity index (χ2v) is 7.61. The van der Waals surface area contributed by atoms with Crippen LogP contribution in [0.5, 0.6) is 11.5 Å². The Morgan fingerprint density at radius 1 is 1.00 bits per heavy atom. The Bertz CT molecular complexity index is 956. The predicted molar refractivity (Wildman–Crippen MR) is 121 cm³/mol. The number of morpholine rings is 2. The number of carbonyl (C=O) groups excluding carboxylic acids is 2. The van der Waals surface area contributed by atoms with E-state index in [2.05, 4.69) is 15.2 Å². The number of methoxy groups -OCH3 is 1. The average Bonchev–Trinajstić information content (AvgIpc) is 2.88. The summed E-state index contributed by atoms with van der Waals surface area (Å²) in [6.45, 7) is 5.03. The lowest BCUT2D eigenvalue weighted by molar-refractivity contribution is -0.137. The van der Waals surface area contributed by atoms with E-state index in [1.165, 1.54) is 7.11 Å². The Labute approximate surface area is 192 Å². The van der Waals surface area contributed by atoms with Gasteiger partial charge in [0.2, 0.25) is 0 Å². The van der Waals surface area contributed by atoms with Crippen molar-refractivity contribution < 1.29 is 28.5 Å². The van der Waals surface area contributed by atoms with E-state index in [4.69, 9.17) is 18.9 Å². The lowest BCUT2D eigenvalue weighted by atomic mass is 10.2. The third kappa shape index (κ3) is 5.91. The summed E-state index contributed by atoms with van der Waals surface area (Å²) in [4.78, 5) is 33.3. The number of pyridine rings is 1. The molecule has 2 amide bonds. The highest BCUT2D eigenvalue weighted by Gasteiger charge is 2.19. The van der Waals surface area contributed by atoms with Crippen molar-refractivity contribution in [3.63, 3.8) is 0 Å². The van der Waals surface area contributed by atoms with Gasteiger partial charge in [0.15, 0.2) is 18.1 Å². The first-order valence-electron chi connectivity index (χ1n) is 10.9. The first kappa shape index (κ1) is 22.8. The molecule has 0 aliphatic carbocycles. The summed E-state index contributed by atoms with van der Waals surface area (Å²) in [6.07, 6.45) is 1.63. The molecule has 2 saturated heterocycles. The molecule has 2 aliphatic rings. The average molecular weight is 456 g/mol. The van der Waals surface area contributed by atoms with Crippen LogP contribution in [-0.2, 0) is 14.3 Å². The van der Waals surface area contributed by atoms with Crippen molar-refractivity contribution in [1.29, 1.82) is 0 Å². The van der Waals surface area contributed by atoms with Crippen molar-refractivity contribution in [2.45, 2.75) is 0 Å². The molecule has 0 bridgehead atoms. The summed E-state index contributed by atoms with van der Waals surface area (Å²) in [5.74, 6) is 1.21. The number of anilines is 2. The van der Waals surface area contributed by atoms with Crippen LogP contribution in [0.1, 0.15) is 10.4 Å². The summed E-state index contributed by atoms with van der Waals surface area (Å²) in [5, 5.41) is 2.84. The quantitative estimate of drug-likeness (QED) is 0.668. The second-order valence-electron chi connectivity index (χ2n) is 7.61. The molecule has 2 aliphatic heterocycles. The third-order valence-electron chi connectivity index (χ3n) is 5.48. The number of nitrogens with one attached hydrogen (secondary N) is 1. The Hall–Kier alpha value is -3.37. The molecule has 3 heterocycles. The van der Waals surface area contributed by atoms with Gasteiger partial charge >= 0.3 is 0 Å². The van der Waals surface area contributed by atoms with Crippen molar-refractivity contribution in [2.75, 3.05) is 76.5 Å². The van der Waals surface area contributed by atoms with Crippen molar-refractivity contribution in [2.24, 2.45) is 0 Å². The van der Waals surface area contributed by atoms with Crippen LogP contribution in [0.4, 0.5) is 11.5 Å². The Morgan fingerprint density at radius 3 is 2.39 bits per heavy atom. The highest BCUT2D eigenvalue weighted by molar-refractivity contribution is 6.04. The number of amides is 2. The number of aromatic nitrogens is 1. The molecule has 1 aromatic heterocycles. The molecule has 0 atom stereocenters. The van der Waals surface area contributed by atoms with Crippen LogP contribution >= 0.6 is 0 Å². The van der Waals surface area contributed by atoms with Crippen LogP contribution in [-0.4, -0.2) is 88.0 Å². The van der Waals surface area contributed by atoms with Gasteiger partial charge in [-0.1, -0.05) is 0 Å². The lowest BCUT2D eigenvalue weighted by Gasteiger charge is -2.27. The minimum atomic E-state index is -0.301. The van der Waals surface area contributed by atoms with E-state index in [1.54, 1.807) is 29.3 Å². The minimum absolute atomic E-state index is 0.108. The minimum Gasteiger partial charge on any atom is -0.493 e. The highest BCUT2D eigenvalue weighted by atomic mass is 16.5. The molecule has 10 heteroatoms. The van der Waals surface area contributed by atoms with Crippen molar-refractivity contribution in [3.8, 4) is 11.5 Å². The van der Waals surface area contributed by atoms with Gasteiger partial charge in [-0.2, -0.15) is 0 Å². The van der Waals surface area contributed by atoms with E-state index in [1.807, 2.05) is 12.1 Å². The summed E-state index contributed by atoms with van der Waals surface area (Å²) < 4.78 is 21.6. The molecular formula is C23H28N4O6. The van der Waals surface area contributed by atoms with Gasteiger partial charge in [-0.3, -0.25) is 9.59 Å². The maximum Gasteiger partial charge on any atom is 0.260 e. The second kappa shape index (κ2) is 11.0. The van der Waals surface area contributed by atoms with Gasteiger partial charge in [-0.05, 0) is 30.3 Å². The summed E-state index contributed by atoms with van der Waals surface area (Å²) in [5.41, 5.74) is 0.989. The molecule has 1 N–H and O–H groups in total. The van der Waals surface area contributed by atoms with E-state index in [9.17, 15) is 9.59 Å². The Morgan fingerprint density at radius 2 is 1.73 bits per heavy atom. The summed E-state index contributed by atoms with van der Waals surface area (Å²) >= 11 is 0. The zero-order chi connectivity index (χ0) is 23.0. The molecule has 2 fully saturated rings. The molecule has 33 heavy (non-hydrogen) atoms. The number of hydrogen-bond acceptors (Lipinski definition) is 8. The Kier molecular flexibility index (Phi) is 7.59. The normalized spacial score (nSPS) is 16.3. The molecule has 1 aromatic carbocycles. The third-order valence-corrected chi connectivity index (χ3v) is 5.48. The molecule has 2 aromatic rings. The maximum atomic E-state index is 12.7. The molecular weight excluding hydrogens is 428 g/mol. The highest BCUT2D eigenvalue weighted by Crippen LogP contribution is 2.28. The maximum absolute atomic E-state index is 12.7. The SMILES string of the molecule is COc1cc(C(=O)Nc2ccc(N3CCOCC3)nc2)ccc1OCC(=O)N1CCOCC1. The number of rotatable bonds is 7. The number of benzene rings is 1. The molecule has 0 saturated carbocycles. The van der Waals surface area contributed by atoms with Crippen LogP contribution in [0.2, 0.25) is 0 Å². The smallest absolute Gasteiger partial charge is 0.260 e. The topological polar surface area (TPSA) is 102 Å². The molecule has 0 unspecified atom stereocenters. The van der Waals surface area contributed by atoms with Crippen molar-refractivity contribution >= 4 is 23.3 Å². The fraction of sp³-hybridized carbons (Fsp3) is 0.435. The lowest BCUT2D eigenvalue weighted by Crippen LogP contribution is -2.43. The first-order valence-corrected chi connectivity index (χ1v) is 10.9. The fourth-order valence-electron chi connectivity index (χ4n) is 3.61. The molecule has 176 valence electrons. The van der Waals surface area contributed by atoms with Crippen LogP contribution in [0.15, 0.2) is 36.5 Å². The van der Waals surface area contributed by atoms with Crippen molar-refractivity contribution in [1.82, 2.24) is 9.88 Å². The van der Waals surface area contributed by atoms with Gasteiger partial charge < -0.3 is 34.1 Å². The van der Waals surface area contributed by atoms with Gasteiger partial charge in [0, 0.05) is 31.7 Å². The Balaban J connectivity index is 1.35. The predicted octanol–water partition coefficient (Wildman–Crippen LogP) is 1.42. The van der Waals surface area contributed by atoms with Gasteiger partial charge in [0.05, 0.1) is 45.4 Å². The largest absolute Gasteiger partial charge is 0.493 e. The molecule has 0 spiro atoms. The molecule has 0 radical (unpaired) electrons. The van der Waals surface area contributed by atoms with Crippen LogP contribution in [0, 0.1) is 0 Å². The van der Waals surface area contributed by atoms with E-state index < -0.39 is 0 Å². The monoisotopic (exact) mass is 456 g/mol. The van der Waals surface area contributed by atoms with Gasteiger partial charge in [0.25, 0.3) is 11.8 Å². The van der Waals surface area contributed by atoms with E-state index in [-0.39, 0.29) is 18.4 Å². The number of carbonyl (C=O) groups is 2. The van der Waals surface area contributed by atoms with E-state index >= 15 is 0 Å². The number of ether oxygens (including phenoxy) is 4. The van der Waals surface area contributed by atoms with Crippen LogP contribution in [0.25, 0.3) is 0 Å². The number of nitrogens with zero attached hydrogens (tertiary/aromatic N) is 3. The summed E-state index contributed by atoms with van der Waals surface area (Å²) in [7, 11) is 1.49. The zero-order valence-corrected chi connectivity index (χ0v) is 18.6. The van der Waals surface area contributed by atoms with E-state index in [0.29, 0.717) is 62.3 Å². The van der Waals surface area contributed by atoms with Crippen LogP contribution < -0.4 is 19.7 Å². The van der Waals surface area contributed by atoms with Gasteiger partial charge in [0.1, 0.15) is 5.82 Å². The molecule has 10 nitrogen and oxygen atoms in total. The van der Waals surface area contributed by atoms with Crippen molar-refractivity contribution in [3.05, 3.63) is 42.1 Å². The van der Waals surface area contributed by atoms with Crippen LogP contribution in [0.3, 0.4) is 0 Å². The standard InChI is InChI=1S/C23H28N4O6/c1-30-20-14-17(2-4-19(20)33-16-22(28)27-8-12-32-13-9-27)23(29)25-18-3-5-21(24-15-18)26-6-10-31-11-7-26/h2-5,14-15H,6-13,16H2,1H3,(H,25,29). The first-order chi connectivity index (χ1) is 16.1. The number of hydrogen-bond donors (Lipinski definition) is 1. The fourth-order valence-corrected chi connectivity index (χ4v) is 3.61. The van der Waals surface area contributed by atoms with E-state index in [0.717, 1.165) is 18.9 Å².